The van der Waals surface area contributed by atoms with Crippen LogP contribution in [0.2, 0.25) is 0 Å². The number of rotatable bonds is 3. The summed E-state index contributed by atoms with van der Waals surface area (Å²) in [4.78, 5) is 16.8. The van der Waals surface area contributed by atoms with E-state index in [1.165, 1.54) is 15.3 Å². The monoisotopic (exact) mass is 351 g/mol. The molecule has 2 heterocycles. The largest absolute Gasteiger partial charge is 0.416 e. The zero-order valence-corrected chi connectivity index (χ0v) is 13.8. The summed E-state index contributed by atoms with van der Waals surface area (Å²) in [6.45, 7) is 1.85. The molecule has 1 aromatic carbocycles. The minimum atomic E-state index is -4.40. The van der Waals surface area contributed by atoms with E-state index in [-0.39, 0.29) is 18.1 Å². The lowest BCUT2D eigenvalue weighted by molar-refractivity contribution is -0.137. The molecular formula is C16H16F3N5O. The standard InChI is InChI=1S/C16H16F3N5O/c1-9-12-13(24(3)22-9)14(25)23(2)15(21-12)20-8-10-5-4-6-11(7-10)16(17,18)19/h4-7H,8H2,1-3H3,(H,20,21). The molecule has 0 aliphatic heterocycles. The van der Waals surface area contributed by atoms with Crippen molar-refractivity contribution in [1.29, 1.82) is 0 Å². The molecule has 3 aromatic rings. The third-order valence-corrected chi connectivity index (χ3v) is 3.94. The summed E-state index contributed by atoms with van der Waals surface area (Å²) in [5.74, 6) is 0.269. The van der Waals surface area contributed by atoms with Gasteiger partial charge in [0.2, 0.25) is 5.95 Å². The minimum absolute atomic E-state index is 0.106. The number of anilines is 1. The number of fused-ring (bicyclic) bond motifs is 1. The van der Waals surface area contributed by atoms with Gasteiger partial charge in [0.25, 0.3) is 5.56 Å². The van der Waals surface area contributed by atoms with Crippen LogP contribution in [0.4, 0.5) is 19.1 Å². The molecule has 6 nitrogen and oxygen atoms in total. The molecule has 0 atom stereocenters. The SMILES string of the molecule is Cc1nn(C)c2c(=O)n(C)c(NCc3cccc(C(F)(F)F)c3)nc12. The number of nitrogens with zero attached hydrogens (tertiary/aromatic N) is 4. The topological polar surface area (TPSA) is 64.7 Å². The molecule has 0 unspecified atom stereocenters. The van der Waals surface area contributed by atoms with Gasteiger partial charge in [0.15, 0.2) is 5.52 Å². The van der Waals surface area contributed by atoms with Gasteiger partial charge in [-0.3, -0.25) is 14.0 Å². The summed E-state index contributed by atoms with van der Waals surface area (Å²) in [5.41, 5.74) is 0.901. The van der Waals surface area contributed by atoms with Crippen LogP contribution in [0.15, 0.2) is 29.1 Å². The third-order valence-electron chi connectivity index (χ3n) is 3.94. The van der Waals surface area contributed by atoms with Crippen molar-refractivity contribution < 1.29 is 13.2 Å². The van der Waals surface area contributed by atoms with Gasteiger partial charge in [-0.25, -0.2) is 4.98 Å². The molecule has 0 saturated carbocycles. The van der Waals surface area contributed by atoms with E-state index in [0.29, 0.717) is 22.3 Å². The van der Waals surface area contributed by atoms with E-state index in [1.807, 2.05) is 0 Å². The van der Waals surface area contributed by atoms with Gasteiger partial charge in [0, 0.05) is 20.6 Å². The molecule has 0 radical (unpaired) electrons. The van der Waals surface area contributed by atoms with Crippen LogP contribution in [0.3, 0.4) is 0 Å². The van der Waals surface area contributed by atoms with Gasteiger partial charge < -0.3 is 5.32 Å². The van der Waals surface area contributed by atoms with Crippen molar-refractivity contribution in [2.24, 2.45) is 14.1 Å². The van der Waals surface area contributed by atoms with Crippen LogP contribution in [0, 0.1) is 6.92 Å². The highest BCUT2D eigenvalue weighted by atomic mass is 19.4. The zero-order valence-electron chi connectivity index (χ0n) is 13.8. The molecule has 0 saturated heterocycles. The molecule has 0 spiro atoms. The maximum absolute atomic E-state index is 12.8. The Labute approximate surface area is 140 Å². The lowest BCUT2D eigenvalue weighted by atomic mass is 10.1. The Morgan fingerprint density at radius 2 is 1.96 bits per heavy atom. The molecule has 2 aromatic heterocycles. The van der Waals surface area contributed by atoms with Crippen LogP contribution in [0.25, 0.3) is 11.0 Å². The molecule has 0 aliphatic carbocycles. The quantitative estimate of drug-likeness (QED) is 0.788. The number of hydrogen-bond acceptors (Lipinski definition) is 4. The highest BCUT2D eigenvalue weighted by Gasteiger charge is 2.30. The number of aromatic nitrogens is 4. The van der Waals surface area contributed by atoms with Crippen LogP contribution in [-0.2, 0) is 26.8 Å². The normalized spacial score (nSPS) is 11.9. The van der Waals surface area contributed by atoms with Gasteiger partial charge >= 0.3 is 6.18 Å². The highest BCUT2D eigenvalue weighted by molar-refractivity contribution is 5.77. The van der Waals surface area contributed by atoms with Gasteiger partial charge in [-0.15, -0.1) is 0 Å². The number of benzene rings is 1. The predicted octanol–water partition coefficient (Wildman–Crippen LogP) is 2.61. The minimum Gasteiger partial charge on any atom is -0.351 e. The van der Waals surface area contributed by atoms with E-state index in [1.54, 1.807) is 27.1 Å². The second kappa shape index (κ2) is 5.91. The van der Waals surface area contributed by atoms with Crippen molar-refractivity contribution in [2.45, 2.75) is 19.6 Å². The van der Waals surface area contributed by atoms with Crippen LogP contribution in [-0.4, -0.2) is 19.3 Å². The van der Waals surface area contributed by atoms with E-state index in [9.17, 15) is 18.0 Å². The van der Waals surface area contributed by atoms with E-state index < -0.39 is 11.7 Å². The summed E-state index contributed by atoms with van der Waals surface area (Å²) >= 11 is 0. The number of halogens is 3. The molecule has 0 fully saturated rings. The van der Waals surface area contributed by atoms with E-state index in [0.717, 1.165) is 12.1 Å². The second-order valence-electron chi connectivity index (χ2n) is 5.76. The molecule has 25 heavy (non-hydrogen) atoms. The molecular weight excluding hydrogens is 335 g/mol. The maximum atomic E-state index is 12.8. The van der Waals surface area contributed by atoms with Crippen molar-refractivity contribution in [1.82, 2.24) is 19.3 Å². The number of aryl methyl sites for hydroxylation is 2. The first-order valence-electron chi connectivity index (χ1n) is 7.49. The fourth-order valence-electron chi connectivity index (χ4n) is 2.65. The van der Waals surface area contributed by atoms with Crippen LogP contribution in [0.1, 0.15) is 16.8 Å². The summed E-state index contributed by atoms with van der Waals surface area (Å²) in [7, 11) is 3.21. The molecule has 0 aliphatic rings. The molecule has 3 rings (SSSR count). The van der Waals surface area contributed by atoms with Crippen molar-refractivity contribution in [3.05, 3.63) is 51.4 Å². The van der Waals surface area contributed by atoms with Crippen molar-refractivity contribution >= 4 is 17.0 Å². The first-order chi connectivity index (χ1) is 11.7. The van der Waals surface area contributed by atoms with Crippen molar-refractivity contribution in [3.63, 3.8) is 0 Å². The van der Waals surface area contributed by atoms with E-state index in [2.05, 4.69) is 15.4 Å². The Morgan fingerprint density at radius 1 is 1.24 bits per heavy atom. The summed E-state index contributed by atoms with van der Waals surface area (Å²) in [6, 6.07) is 5.01. The molecule has 9 heteroatoms. The Balaban J connectivity index is 1.93. The van der Waals surface area contributed by atoms with Crippen molar-refractivity contribution in [3.8, 4) is 0 Å². The summed E-state index contributed by atoms with van der Waals surface area (Å²) in [6.07, 6.45) is -4.40. The highest BCUT2D eigenvalue weighted by Crippen LogP contribution is 2.29. The number of hydrogen-bond donors (Lipinski definition) is 1. The maximum Gasteiger partial charge on any atom is 0.416 e. The first-order valence-corrected chi connectivity index (χ1v) is 7.49. The predicted molar refractivity (Wildman–Crippen MR) is 87.3 cm³/mol. The lowest BCUT2D eigenvalue weighted by Crippen LogP contribution is -2.23. The average Bonchev–Trinajstić information content (AvgIpc) is 2.83. The number of nitrogens with one attached hydrogen (secondary N) is 1. The fourth-order valence-corrected chi connectivity index (χ4v) is 2.65. The van der Waals surface area contributed by atoms with E-state index >= 15 is 0 Å². The van der Waals surface area contributed by atoms with Gasteiger partial charge in [0.1, 0.15) is 5.52 Å². The molecule has 132 valence electrons. The second-order valence-corrected chi connectivity index (χ2v) is 5.76. The summed E-state index contributed by atoms with van der Waals surface area (Å²) in [5, 5.41) is 7.10. The Bertz CT molecular complexity index is 1000. The Morgan fingerprint density at radius 3 is 2.64 bits per heavy atom. The van der Waals surface area contributed by atoms with E-state index in [4.69, 9.17) is 0 Å². The van der Waals surface area contributed by atoms with Gasteiger partial charge in [0.05, 0.1) is 11.3 Å². The zero-order chi connectivity index (χ0) is 18.4. The lowest BCUT2D eigenvalue weighted by Gasteiger charge is -2.12. The molecule has 0 amide bonds. The van der Waals surface area contributed by atoms with Crippen LogP contribution >= 0.6 is 0 Å². The Hall–Kier alpha value is -2.84. The van der Waals surface area contributed by atoms with Crippen LogP contribution < -0.4 is 10.9 Å². The Kier molecular flexibility index (Phi) is 4.02. The van der Waals surface area contributed by atoms with Crippen molar-refractivity contribution in [2.75, 3.05) is 5.32 Å². The van der Waals surface area contributed by atoms with Gasteiger partial charge in [-0.1, -0.05) is 12.1 Å². The third kappa shape index (κ3) is 3.09. The smallest absolute Gasteiger partial charge is 0.351 e. The average molecular weight is 351 g/mol. The van der Waals surface area contributed by atoms with Gasteiger partial charge in [-0.2, -0.15) is 18.3 Å². The van der Waals surface area contributed by atoms with Gasteiger partial charge in [-0.05, 0) is 24.6 Å². The fraction of sp³-hybridized carbons (Fsp3) is 0.312. The molecule has 0 bridgehead atoms. The first kappa shape index (κ1) is 17.0. The molecule has 1 N–H and O–H groups in total. The number of alkyl halides is 3. The summed E-state index contributed by atoms with van der Waals surface area (Å²) < 4.78 is 41.1. The van der Waals surface area contributed by atoms with Crippen LogP contribution in [0.5, 0.6) is 0 Å².